The summed E-state index contributed by atoms with van der Waals surface area (Å²) >= 11 is 0. The molecule has 0 fully saturated rings. The fourth-order valence-corrected chi connectivity index (χ4v) is 1.66. The first-order valence-corrected chi connectivity index (χ1v) is 5.73. The second-order valence-electron chi connectivity index (χ2n) is 4.89. The van der Waals surface area contributed by atoms with E-state index in [0.717, 1.165) is 5.71 Å². The molecule has 2 heteroatoms. The van der Waals surface area contributed by atoms with Crippen molar-refractivity contribution >= 4 is 5.71 Å². The van der Waals surface area contributed by atoms with Crippen LogP contribution in [0.2, 0.25) is 0 Å². The van der Waals surface area contributed by atoms with Crippen LogP contribution in [0.25, 0.3) is 0 Å². The van der Waals surface area contributed by atoms with Crippen LogP contribution in [0, 0.1) is 0 Å². The Morgan fingerprint density at radius 2 is 1.88 bits per heavy atom. The van der Waals surface area contributed by atoms with E-state index < -0.39 is 0 Å². The van der Waals surface area contributed by atoms with Crippen molar-refractivity contribution < 1.29 is 4.84 Å². The number of rotatable bonds is 3. The van der Waals surface area contributed by atoms with Gasteiger partial charge in [-0.05, 0) is 24.8 Å². The van der Waals surface area contributed by atoms with E-state index in [1.165, 1.54) is 11.1 Å². The zero-order valence-electron chi connectivity index (χ0n) is 10.9. The number of hydrogen-bond donors (Lipinski definition) is 0. The van der Waals surface area contributed by atoms with Gasteiger partial charge in [-0.25, -0.2) is 0 Å². The van der Waals surface area contributed by atoms with Gasteiger partial charge in [-0.1, -0.05) is 50.2 Å². The standard InChI is InChI=1S/C14H21NO/c1-6-16-15-11(2)12-9-7-8-10-13(12)14(3,4)5/h7-10H,6H2,1-5H3/b15-11-. The normalized spacial score (nSPS) is 12.7. The van der Waals surface area contributed by atoms with Crippen LogP contribution >= 0.6 is 0 Å². The highest BCUT2D eigenvalue weighted by molar-refractivity contribution is 5.99. The topological polar surface area (TPSA) is 21.6 Å². The van der Waals surface area contributed by atoms with Gasteiger partial charge < -0.3 is 4.84 Å². The lowest BCUT2D eigenvalue weighted by molar-refractivity contribution is 0.159. The molecule has 0 N–H and O–H groups in total. The summed E-state index contributed by atoms with van der Waals surface area (Å²) in [6.45, 7) is 11.2. The summed E-state index contributed by atoms with van der Waals surface area (Å²) in [5, 5.41) is 4.10. The number of benzene rings is 1. The molecule has 0 atom stereocenters. The van der Waals surface area contributed by atoms with E-state index >= 15 is 0 Å². The molecule has 0 saturated heterocycles. The second kappa shape index (κ2) is 5.15. The van der Waals surface area contributed by atoms with Crippen LogP contribution in [0.5, 0.6) is 0 Å². The molecule has 0 aliphatic rings. The van der Waals surface area contributed by atoms with Crippen molar-refractivity contribution in [2.24, 2.45) is 5.16 Å². The maximum Gasteiger partial charge on any atom is 0.114 e. The molecule has 1 aromatic carbocycles. The predicted octanol–water partition coefficient (Wildman–Crippen LogP) is 3.74. The average Bonchev–Trinajstić information content (AvgIpc) is 2.24. The third-order valence-corrected chi connectivity index (χ3v) is 2.46. The molecule has 0 bridgehead atoms. The van der Waals surface area contributed by atoms with Gasteiger partial charge >= 0.3 is 0 Å². The molecule has 0 unspecified atom stereocenters. The van der Waals surface area contributed by atoms with Gasteiger partial charge in [-0.15, -0.1) is 0 Å². The molecule has 0 radical (unpaired) electrons. The van der Waals surface area contributed by atoms with Crippen LogP contribution in [-0.4, -0.2) is 12.3 Å². The fourth-order valence-electron chi connectivity index (χ4n) is 1.66. The molecule has 0 aliphatic heterocycles. The van der Waals surface area contributed by atoms with Crippen LogP contribution in [-0.2, 0) is 10.3 Å². The molecular weight excluding hydrogens is 198 g/mol. The Balaban J connectivity index is 3.14. The Labute approximate surface area is 98.3 Å². The van der Waals surface area contributed by atoms with E-state index in [0.29, 0.717) is 6.61 Å². The van der Waals surface area contributed by atoms with Gasteiger partial charge in [0.05, 0.1) is 5.71 Å². The molecule has 0 saturated carbocycles. The molecule has 0 heterocycles. The second-order valence-corrected chi connectivity index (χ2v) is 4.89. The van der Waals surface area contributed by atoms with E-state index in [9.17, 15) is 0 Å². The first-order valence-electron chi connectivity index (χ1n) is 5.73. The van der Waals surface area contributed by atoms with Crippen LogP contribution < -0.4 is 0 Å². The molecule has 0 aliphatic carbocycles. The Bertz CT molecular complexity index is 375. The Morgan fingerprint density at radius 1 is 1.25 bits per heavy atom. The molecule has 16 heavy (non-hydrogen) atoms. The zero-order valence-corrected chi connectivity index (χ0v) is 10.9. The molecule has 0 aromatic heterocycles. The van der Waals surface area contributed by atoms with Crippen molar-refractivity contribution in [1.82, 2.24) is 0 Å². The quantitative estimate of drug-likeness (QED) is 0.560. The van der Waals surface area contributed by atoms with Crippen molar-refractivity contribution in [2.75, 3.05) is 6.61 Å². The molecule has 0 amide bonds. The van der Waals surface area contributed by atoms with Crippen molar-refractivity contribution in [1.29, 1.82) is 0 Å². The summed E-state index contributed by atoms with van der Waals surface area (Å²) in [6.07, 6.45) is 0. The van der Waals surface area contributed by atoms with E-state index in [-0.39, 0.29) is 5.41 Å². The maximum absolute atomic E-state index is 5.11. The van der Waals surface area contributed by atoms with Gasteiger partial charge in [0, 0.05) is 5.56 Å². The largest absolute Gasteiger partial charge is 0.396 e. The maximum atomic E-state index is 5.11. The Morgan fingerprint density at radius 3 is 2.44 bits per heavy atom. The summed E-state index contributed by atoms with van der Waals surface area (Å²) in [6, 6.07) is 8.35. The van der Waals surface area contributed by atoms with Crippen molar-refractivity contribution in [3.8, 4) is 0 Å². The minimum Gasteiger partial charge on any atom is -0.396 e. The molecule has 88 valence electrons. The summed E-state index contributed by atoms with van der Waals surface area (Å²) in [5.41, 5.74) is 3.53. The molecule has 2 nitrogen and oxygen atoms in total. The van der Waals surface area contributed by atoms with Gasteiger partial charge in [-0.2, -0.15) is 0 Å². The number of hydrogen-bond acceptors (Lipinski definition) is 2. The zero-order chi connectivity index (χ0) is 12.2. The highest BCUT2D eigenvalue weighted by atomic mass is 16.6. The SMILES string of the molecule is CCO/N=C(/C)c1ccccc1C(C)(C)C. The van der Waals surface area contributed by atoms with Gasteiger partial charge in [-0.3, -0.25) is 0 Å². The smallest absolute Gasteiger partial charge is 0.114 e. The van der Waals surface area contributed by atoms with E-state index in [1.807, 2.05) is 19.9 Å². The number of oxime groups is 1. The van der Waals surface area contributed by atoms with Crippen molar-refractivity contribution in [3.63, 3.8) is 0 Å². The first-order chi connectivity index (χ1) is 7.46. The van der Waals surface area contributed by atoms with Gasteiger partial charge in [0.15, 0.2) is 0 Å². The van der Waals surface area contributed by atoms with Crippen molar-refractivity contribution in [2.45, 2.75) is 40.0 Å². The minimum atomic E-state index is 0.125. The summed E-state index contributed by atoms with van der Waals surface area (Å²) in [7, 11) is 0. The molecule has 0 spiro atoms. The van der Waals surface area contributed by atoms with Crippen molar-refractivity contribution in [3.05, 3.63) is 35.4 Å². The van der Waals surface area contributed by atoms with Gasteiger partial charge in [0.1, 0.15) is 6.61 Å². The fraction of sp³-hybridized carbons (Fsp3) is 0.500. The third kappa shape index (κ3) is 3.09. The van der Waals surface area contributed by atoms with E-state index in [2.05, 4.69) is 44.1 Å². The van der Waals surface area contributed by atoms with Gasteiger partial charge in [0.25, 0.3) is 0 Å². The lowest BCUT2D eigenvalue weighted by Crippen LogP contribution is -2.16. The lowest BCUT2D eigenvalue weighted by Gasteiger charge is -2.22. The summed E-state index contributed by atoms with van der Waals surface area (Å²) in [5.74, 6) is 0. The monoisotopic (exact) mass is 219 g/mol. The lowest BCUT2D eigenvalue weighted by atomic mass is 9.83. The Kier molecular flexibility index (Phi) is 4.11. The third-order valence-electron chi connectivity index (χ3n) is 2.46. The van der Waals surface area contributed by atoms with E-state index in [1.54, 1.807) is 0 Å². The van der Waals surface area contributed by atoms with E-state index in [4.69, 9.17) is 4.84 Å². The molecule has 1 rings (SSSR count). The minimum absolute atomic E-state index is 0.125. The summed E-state index contributed by atoms with van der Waals surface area (Å²) < 4.78 is 0. The Hall–Kier alpha value is -1.31. The predicted molar refractivity (Wildman–Crippen MR) is 69.0 cm³/mol. The van der Waals surface area contributed by atoms with Crippen LogP contribution in [0.4, 0.5) is 0 Å². The molecule has 1 aromatic rings. The van der Waals surface area contributed by atoms with Crippen LogP contribution in [0.15, 0.2) is 29.4 Å². The summed E-state index contributed by atoms with van der Waals surface area (Å²) in [4.78, 5) is 5.11. The highest BCUT2D eigenvalue weighted by Gasteiger charge is 2.18. The highest BCUT2D eigenvalue weighted by Crippen LogP contribution is 2.26. The van der Waals surface area contributed by atoms with Crippen LogP contribution in [0.3, 0.4) is 0 Å². The van der Waals surface area contributed by atoms with Crippen LogP contribution in [0.1, 0.15) is 45.7 Å². The van der Waals surface area contributed by atoms with Gasteiger partial charge in [0.2, 0.25) is 0 Å². The first kappa shape index (κ1) is 12.8. The number of nitrogens with zero attached hydrogens (tertiary/aromatic N) is 1. The average molecular weight is 219 g/mol. The molecular formula is C14H21NO.